The first-order chi connectivity index (χ1) is 8.41. The monoisotopic (exact) mass is 250 g/mol. The Morgan fingerprint density at radius 3 is 2.39 bits per heavy atom. The Balaban J connectivity index is 3.09. The second-order valence-corrected chi connectivity index (χ2v) is 5.28. The van der Waals surface area contributed by atoms with Crippen molar-refractivity contribution < 1.29 is 14.3 Å². The molecule has 0 radical (unpaired) electrons. The van der Waals surface area contributed by atoms with Crippen LogP contribution < -0.4 is 4.74 Å². The van der Waals surface area contributed by atoms with Crippen molar-refractivity contribution in [2.45, 2.75) is 33.8 Å². The Kier molecular flexibility index (Phi) is 4.91. The van der Waals surface area contributed by atoms with E-state index in [1.54, 1.807) is 13.2 Å². The number of hydrogen-bond acceptors (Lipinski definition) is 3. The minimum atomic E-state index is -0.473. The van der Waals surface area contributed by atoms with Gasteiger partial charge in [-0.2, -0.15) is 0 Å². The van der Waals surface area contributed by atoms with Gasteiger partial charge in [0.15, 0.2) is 5.78 Å². The number of ketones is 1. The molecule has 0 aliphatic rings. The summed E-state index contributed by atoms with van der Waals surface area (Å²) < 4.78 is 10.8. The molecule has 0 aliphatic heterocycles. The van der Waals surface area contributed by atoms with E-state index in [9.17, 15) is 4.79 Å². The first-order valence-electron chi connectivity index (χ1n) is 6.20. The van der Waals surface area contributed by atoms with Gasteiger partial charge in [0.25, 0.3) is 0 Å². The molecule has 3 nitrogen and oxygen atoms in total. The molecule has 1 aromatic carbocycles. The zero-order chi connectivity index (χ0) is 13.8. The third kappa shape index (κ3) is 3.33. The fraction of sp³-hybridized carbons (Fsp3) is 0.533. The fourth-order valence-electron chi connectivity index (χ4n) is 1.95. The minimum absolute atomic E-state index is 0.0333. The highest BCUT2D eigenvalue weighted by atomic mass is 16.5. The number of benzene rings is 1. The third-order valence-electron chi connectivity index (χ3n) is 2.71. The number of rotatable bonds is 5. The normalized spacial score (nSPS) is 13.2. The average Bonchev–Trinajstić information content (AvgIpc) is 2.29. The fourth-order valence-corrected chi connectivity index (χ4v) is 1.95. The van der Waals surface area contributed by atoms with Crippen LogP contribution in [-0.4, -0.2) is 25.6 Å². The van der Waals surface area contributed by atoms with Gasteiger partial charge in [-0.05, 0) is 24.5 Å². The van der Waals surface area contributed by atoms with Crippen molar-refractivity contribution in [3.05, 3.63) is 29.8 Å². The van der Waals surface area contributed by atoms with Crippen molar-refractivity contribution in [2.24, 2.45) is 5.41 Å². The molecule has 0 saturated heterocycles. The van der Waals surface area contributed by atoms with E-state index in [2.05, 4.69) is 0 Å². The van der Waals surface area contributed by atoms with E-state index in [0.29, 0.717) is 17.9 Å². The zero-order valence-corrected chi connectivity index (χ0v) is 11.8. The molecule has 0 heterocycles. The summed E-state index contributed by atoms with van der Waals surface area (Å²) >= 11 is 0. The van der Waals surface area contributed by atoms with Gasteiger partial charge in [-0.25, -0.2) is 0 Å². The summed E-state index contributed by atoms with van der Waals surface area (Å²) in [4.78, 5) is 12.5. The second-order valence-electron chi connectivity index (χ2n) is 5.28. The number of methoxy groups -OCH3 is 1. The molecule has 0 aliphatic carbocycles. The first-order valence-corrected chi connectivity index (χ1v) is 6.20. The summed E-state index contributed by atoms with van der Waals surface area (Å²) in [5.74, 6) is 0.588. The van der Waals surface area contributed by atoms with E-state index < -0.39 is 6.10 Å². The Labute approximate surface area is 109 Å². The minimum Gasteiger partial charge on any atom is -0.493 e. The van der Waals surface area contributed by atoms with Crippen LogP contribution in [0.15, 0.2) is 24.3 Å². The van der Waals surface area contributed by atoms with E-state index >= 15 is 0 Å². The molecule has 0 amide bonds. The Bertz CT molecular complexity index is 404. The zero-order valence-electron chi connectivity index (χ0n) is 11.8. The van der Waals surface area contributed by atoms with Crippen molar-refractivity contribution >= 4 is 5.78 Å². The van der Waals surface area contributed by atoms with Crippen LogP contribution in [0.25, 0.3) is 0 Å². The number of carbonyl (C=O) groups excluding carboxylic acids is 1. The lowest BCUT2D eigenvalue weighted by atomic mass is 9.84. The third-order valence-corrected chi connectivity index (χ3v) is 2.71. The Morgan fingerprint density at radius 1 is 1.28 bits per heavy atom. The smallest absolute Gasteiger partial charge is 0.195 e. The topological polar surface area (TPSA) is 35.5 Å². The molecule has 0 spiro atoms. The molecule has 18 heavy (non-hydrogen) atoms. The van der Waals surface area contributed by atoms with E-state index in [4.69, 9.17) is 9.47 Å². The highest BCUT2D eigenvalue weighted by molar-refractivity contribution is 6.02. The Morgan fingerprint density at radius 2 is 1.89 bits per heavy atom. The number of ether oxygens (including phenoxy) is 2. The second kappa shape index (κ2) is 6.01. The molecule has 0 fully saturated rings. The van der Waals surface area contributed by atoms with Gasteiger partial charge >= 0.3 is 0 Å². The van der Waals surface area contributed by atoms with Crippen molar-refractivity contribution in [2.75, 3.05) is 13.7 Å². The van der Waals surface area contributed by atoms with Gasteiger partial charge in [0, 0.05) is 7.11 Å². The van der Waals surface area contributed by atoms with Gasteiger partial charge in [-0.3, -0.25) is 4.79 Å². The summed E-state index contributed by atoms with van der Waals surface area (Å²) in [6.45, 7) is 8.41. The van der Waals surface area contributed by atoms with E-state index in [1.807, 2.05) is 45.9 Å². The summed E-state index contributed by atoms with van der Waals surface area (Å²) in [5.41, 5.74) is 0.339. The summed E-state index contributed by atoms with van der Waals surface area (Å²) in [5, 5.41) is 0. The molecule has 0 N–H and O–H groups in total. The summed E-state index contributed by atoms with van der Waals surface area (Å²) in [6.07, 6.45) is -0.473. The molecule has 1 aromatic rings. The molecular weight excluding hydrogens is 228 g/mol. The molecule has 0 bridgehead atoms. The maximum atomic E-state index is 12.5. The van der Waals surface area contributed by atoms with Crippen molar-refractivity contribution in [3.8, 4) is 5.75 Å². The van der Waals surface area contributed by atoms with Gasteiger partial charge in [0.05, 0.1) is 12.2 Å². The van der Waals surface area contributed by atoms with Crippen LogP contribution in [-0.2, 0) is 4.74 Å². The molecule has 1 atom stereocenters. The lowest BCUT2D eigenvalue weighted by molar-refractivity contribution is 0.0193. The van der Waals surface area contributed by atoms with E-state index in [0.717, 1.165) is 0 Å². The first kappa shape index (κ1) is 14.7. The quantitative estimate of drug-likeness (QED) is 0.752. The van der Waals surface area contributed by atoms with Crippen LogP contribution in [0.1, 0.15) is 38.1 Å². The van der Waals surface area contributed by atoms with Gasteiger partial charge in [0.2, 0.25) is 0 Å². The highest BCUT2D eigenvalue weighted by Crippen LogP contribution is 2.28. The van der Waals surface area contributed by atoms with Crippen LogP contribution in [0.4, 0.5) is 0 Å². The average molecular weight is 250 g/mol. The van der Waals surface area contributed by atoms with Crippen molar-refractivity contribution in [3.63, 3.8) is 0 Å². The van der Waals surface area contributed by atoms with E-state index in [1.165, 1.54) is 0 Å². The van der Waals surface area contributed by atoms with Crippen molar-refractivity contribution in [1.29, 1.82) is 0 Å². The maximum absolute atomic E-state index is 12.5. The molecular formula is C15H22O3. The molecule has 100 valence electrons. The lowest BCUT2D eigenvalue weighted by Gasteiger charge is -2.28. The van der Waals surface area contributed by atoms with Crippen molar-refractivity contribution in [1.82, 2.24) is 0 Å². The molecule has 0 aromatic heterocycles. The molecule has 3 heteroatoms. The predicted molar refractivity (Wildman–Crippen MR) is 72.2 cm³/mol. The predicted octanol–water partition coefficient (Wildman–Crippen LogP) is 3.33. The van der Waals surface area contributed by atoms with Crippen LogP contribution in [0, 0.1) is 5.41 Å². The number of para-hydroxylation sites is 1. The summed E-state index contributed by atoms with van der Waals surface area (Å²) in [6, 6.07) is 7.29. The SMILES string of the molecule is CCOc1ccccc1C(=O)C(OC)C(C)(C)C. The molecule has 0 saturated carbocycles. The van der Waals surface area contributed by atoms with Crippen LogP contribution in [0.5, 0.6) is 5.75 Å². The van der Waals surface area contributed by atoms with Crippen LogP contribution >= 0.6 is 0 Å². The van der Waals surface area contributed by atoms with Gasteiger partial charge < -0.3 is 9.47 Å². The van der Waals surface area contributed by atoms with Gasteiger partial charge in [-0.1, -0.05) is 32.9 Å². The number of hydrogen-bond donors (Lipinski definition) is 0. The Hall–Kier alpha value is -1.35. The van der Waals surface area contributed by atoms with E-state index in [-0.39, 0.29) is 11.2 Å². The maximum Gasteiger partial charge on any atom is 0.195 e. The molecule has 1 unspecified atom stereocenters. The van der Waals surface area contributed by atoms with Gasteiger partial charge in [0.1, 0.15) is 11.9 Å². The molecule has 1 rings (SSSR count). The van der Waals surface area contributed by atoms with Crippen LogP contribution in [0.3, 0.4) is 0 Å². The largest absolute Gasteiger partial charge is 0.493 e. The number of Topliss-reactive ketones (excluding diaryl/α,β-unsaturated/α-hetero) is 1. The van der Waals surface area contributed by atoms with Crippen LogP contribution in [0.2, 0.25) is 0 Å². The summed E-state index contributed by atoms with van der Waals surface area (Å²) in [7, 11) is 1.57. The standard InChI is InChI=1S/C15H22O3/c1-6-18-12-10-8-7-9-11(12)13(16)14(17-5)15(2,3)4/h7-10,14H,6H2,1-5H3. The highest BCUT2D eigenvalue weighted by Gasteiger charge is 2.33. The number of carbonyl (C=O) groups is 1. The lowest BCUT2D eigenvalue weighted by Crippen LogP contribution is -2.36. The van der Waals surface area contributed by atoms with Gasteiger partial charge in [-0.15, -0.1) is 0 Å².